The van der Waals surface area contributed by atoms with Crippen molar-refractivity contribution in [2.45, 2.75) is 19.9 Å². The Bertz CT molecular complexity index is 1050. The lowest BCUT2D eigenvalue weighted by molar-refractivity contribution is -0.119. The van der Waals surface area contributed by atoms with Crippen LogP contribution in [0, 0.1) is 18.3 Å². The second kappa shape index (κ2) is 8.20. The number of nitrogens with zero attached hydrogens (tertiary/aromatic N) is 4. The summed E-state index contributed by atoms with van der Waals surface area (Å²) in [5.41, 5.74) is 1.41. The van der Waals surface area contributed by atoms with E-state index in [0.717, 1.165) is 10.2 Å². The Morgan fingerprint density at radius 2 is 2.26 bits per heavy atom. The van der Waals surface area contributed by atoms with Crippen molar-refractivity contribution in [1.29, 1.82) is 5.26 Å². The molecule has 0 radical (unpaired) electrons. The molecule has 1 amide bonds. The van der Waals surface area contributed by atoms with Crippen LogP contribution in [0.4, 0.5) is 5.69 Å². The van der Waals surface area contributed by atoms with Crippen LogP contribution < -0.4 is 10.7 Å². The first-order valence-corrected chi connectivity index (χ1v) is 9.30. The van der Waals surface area contributed by atoms with Gasteiger partial charge in [-0.25, -0.2) is 4.79 Å². The summed E-state index contributed by atoms with van der Waals surface area (Å²) in [5, 5.41) is 15.4. The molecular formula is C18H15ClN4O3S. The van der Waals surface area contributed by atoms with Gasteiger partial charge in [0.25, 0.3) is 5.89 Å². The first-order valence-electron chi connectivity index (χ1n) is 8.05. The first kappa shape index (κ1) is 18.9. The number of hydrogen-bond acceptors (Lipinski definition) is 6. The molecule has 9 heteroatoms. The highest BCUT2D eigenvalue weighted by molar-refractivity contribution is 7.13. The van der Waals surface area contributed by atoms with E-state index in [1.165, 1.54) is 16.2 Å². The average Bonchev–Trinajstić information content (AvgIpc) is 3.29. The highest BCUT2D eigenvalue weighted by Gasteiger charge is 2.20. The lowest BCUT2D eigenvalue weighted by Crippen LogP contribution is -2.37. The molecule has 27 heavy (non-hydrogen) atoms. The van der Waals surface area contributed by atoms with Crippen LogP contribution in [0.1, 0.15) is 12.0 Å². The molecule has 0 N–H and O–H groups in total. The third-order valence-corrected chi connectivity index (χ3v) is 5.11. The quantitative estimate of drug-likeness (QED) is 0.629. The van der Waals surface area contributed by atoms with Crippen molar-refractivity contribution in [1.82, 2.24) is 9.78 Å². The maximum atomic E-state index is 12.8. The van der Waals surface area contributed by atoms with Crippen LogP contribution in [0.15, 0.2) is 44.9 Å². The topological polar surface area (TPSA) is 92.1 Å². The number of rotatable bonds is 6. The number of nitriles is 1. The zero-order chi connectivity index (χ0) is 19.4. The summed E-state index contributed by atoms with van der Waals surface area (Å²) >= 11 is 7.43. The molecule has 3 rings (SSSR count). The Morgan fingerprint density at radius 3 is 2.93 bits per heavy atom. The van der Waals surface area contributed by atoms with Crippen molar-refractivity contribution in [2.24, 2.45) is 0 Å². The van der Waals surface area contributed by atoms with Gasteiger partial charge in [0.1, 0.15) is 6.54 Å². The van der Waals surface area contributed by atoms with Gasteiger partial charge in [0, 0.05) is 17.3 Å². The van der Waals surface area contributed by atoms with E-state index < -0.39 is 5.76 Å². The molecule has 0 atom stereocenters. The summed E-state index contributed by atoms with van der Waals surface area (Å²) in [7, 11) is 0. The van der Waals surface area contributed by atoms with Crippen molar-refractivity contribution in [2.75, 3.05) is 11.4 Å². The molecule has 1 aromatic carbocycles. The largest absolute Gasteiger partial charge is 0.437 e. The third-order valence-electron chi connectivity index (χ3n) is 3.82. The second-order valence-corrected chi connectivity index (χ2v) is 7.05. The molecule has 0 aliphatic carbocycles. The molecule has 0 saturated heterocycles. The van der Waals surface area contributed by atoms with Crippen LogP contribution in [0.25, 0.3) is 10.8 Å². The zero-order valence-electron chi connectivity index (χ0n) is 14.4. The van der Waals surface area contributed by atoms with Gasteiger partial charge in [-0.15, -0.1) is 16.4 Å². The molecule has 7 nitrogen and oxygen atoms in total. The first-order chi connectivity index (χ1) is 13.0. The van der Waals surface area contributed by atoms with Crippen molar-refractivity contribution in [3.63, 3.8) is 0 Å². The molecule has 3 aromatic rings. The minimum Gasteiger partial charge on any atom is -0.387 e. The molecule has 0 unspecified atom stereocenters. The number of carbonyl (C=O) groups is 1. The fourth-order valence-electron chi connectivity index (χ4n) is 2.48. The van der Waals surface area contributed by atoms with Crippen molar-refractivity contribution in [3.05, 3.63) is 56.8 Å². The third kappa shape index (κ3) is 4.27. The van der Waals surface area contributed by atoms with E-state index in [4.69, 9.17) is 21.3 Å². The van der Waals surface area contributed by atoms with Gasteiger partial charge in [-0.1, -0.05) is 17.7 Å². The normalized spacial score (nSPS) is 10.6. The van der Waals surface area contributed by atoms with Gasteiger partial charge in [-0.3, -0.25) is 4.79 Å². The number of benzene rings is 1. The van der Waals surface area contributed by atoms with Gasteiger partial charge in [-0.05, 0) is 42.1 Å². The number of hydrogen-bond donors (Lipinski definition) is 0. The Balaban J connectivity index is 1.85. The van der Waals surface area contributed by atoms with Gasteiger partial charge in [0.2, 0.25) is 5.91 Å². The number of carbonyl (C=O) groups excluding carboxylic acids is 1. The highest BCUT2D eigenvalue weighted by atomic mass is 35.5. The Hall–Kier alpha value is -2.89. The van der Waals surface area contributed by atoms with Crippen LogP contribution in [0.2, 0.25) is 5.02 Å². The average molecular weight is 403 g/mol. The summed E-state index contributed by atoms with van der Waals surface area (Å²) in [6, 6.07) is 10.8. The van der Waals surface area contributed by atoms with Crippen molar-refractivity contribution in [3.8, 4) is 16.8 Å². The summed E-state index contributed by atoms with van der Waals surface area (Å²) in [4.78, 5) is 27.0. The van der Waals surface area contributed by atoms with E-state index in [0.29, 0.717) is 15.6 Å². The predicted molar refractivity (Wildman–Crippen MR) is 103 cm³/mol. The molecular weight excluding hydrogens is 388 g/mol. The van der Waals surface area contributed by atoms with Crippen LogP contribution in [0.5, 0.6) is 0 Å². The van der Waals surface area contributed by atoms with Gasteiger partial charge in [0.05, 0.1) is 17.4 Å². The number of anilines is 1. The summed E-state index contributed by atoms with van der Waals surface area (Å²) < 4.78 is 6.11. The Morgan fingerprint density at radius 1 is 1.44 bits per heavy atom. The summed E-state index contributed by atoms with van der Waals surface area (Å²) in [5.74, 6) is -0.909. The molecule has 0 aliphatic rings. The number of aryl methyl sites for hydroxylation is 1. The number of aromatic nitrogens is 2. The van der Waals surface area contributed by atoms with E-state index in [2.05, 4.69) is 5.10 Å². The number of halogens is 1. The van der Waals surface area contributed by atoms with Crippen molar-refractivity contribution >= 4 is 34.5 Å². The molecule has 0 fully saturated rings. The molecule has 0 bridgehead atoms. The van der Waals surface area contributed by atoms with Crippen LogP contribution in [0.3, 0.4) is 0 Å². The predicted octanol–water partition coefficient (Wildman–Crippen LogP) is 3.47. The van der Waals surface area contributed by atoms with E-state index in [9.17, 15) is 9.59 Å². The van der Waals surface area contributed by atoms with Crippen molar-refractivity contribution < 1.29 is 9.21 Å². The maximum absolute atomic E-state index is 12.8. The lowest BCUT2D eigenvalue weighted by Gasteiger charge is -2.22. The molecule has 0 saturated carbocycles. The van der Waals surface area contributed by atoms with Gasteiger partial charge < -0.3 is 9.32 Å². The molecule has 2 heterocycles. The number of thiophene rings is 1. The molecule has 0 aliphatic heterocycles. The van der Waals surface area contributed by atoms with Crippen LogP contribution >= 0.6 is 22.9 Å². The summed E-state index contributed by atoms with van der Waals surface area (Å²) in [6.45, 7) is 1.73. The minimum atomic E-state index is -0.709. The van der Waals surface area contributed by atoms with Gasteiger partial charge >= 0.3 is 5.76 Å². The van der Waals surface area contributed by atoms with Crippen LogP contribution in [-0.2, 0) is 11.3 Å². The standard InChI is InChI=1S/C18H15ClN4O3S/c1-12-10-13(5-6-14(12)19)22(8-3-7-20)16(24)11-23-18(25)26-17(21-23)15-4-2-9-27-15/h2,4-6,9-10H,3,8,11H2,1H3. The van der Waals surface area contributed by atoms with Gasteiger partial charge in [-0.2, -0.15) is 9.94 Å². The molecule has 0 spiro atoms. The monoisotopic (exact) mass is 402 g/mol. The van der Waals surface area contributed by atoms with Gasteiger partial charge in [0.15, 0.2) is 0 Å². The smallest absolute Gasteiger partial charge is 0.387 e. The van der Waals surface area contributed by atoms with E-state index >= 15 is 0 Å². The van der Waals surface area contributed by atoms with E-state index in [-0.39, 0.29) is 31.3 Å². The molecule has 2 aromatic heterocycles. The maximum Gasteiger partial charge on any atom is 0.437 e. The summed E-state index contributed by atoms with van der Waals surface area (Å²) in [6.07, 6.45) is 0.154. The SMILES string of the molecule is Cc1cc(N(CCC#N)C(=O)Cn2nc(-c3cccs3)oc2=O)ccc1Cl. The van der Waals surface area contributed by atoms with E-state index in [1.54, 1.807) is 24.3 Å². The van der Waals surface area contributed by atoms with Crippen LogP contribution in [-0.4, -0.2) is 22.2 Å². The Labute approximate surface area is 164 Å². The highest BCUT2D eigenvalue weighted by Crippen LogP contribution is 2.24. The number of amides is 1. The fraction of sp³-hybridized carbons (Fsp3) is 0.222. The zero-order valence-corrected chi connectivity index (χ0v) is 16.0. The van der Waals surface area contributed by atoms with E-state index in [1.807, 2.05) is 24.4 Å². The fourth-order valence-corrected chi connectivity index (χ4v) is 3.24. The molecule has 138 valence electrons. The second-order valence-electron chi connectivity index (χ2n) is 5.70. The minimum absolute atomic E-state index is 0.154. The Kier molecular flexibility index (Phi) is 5.74. The lowest BCUT2D eigenvalue weighted by atomic mass is 10.2.